The molecule has 166 valence electrons. The highest BCUT2D eigenvalue weighted by Crippen LogP contribution is 2.42. The van der Waals surface area contributed by atoms with Gasteiger partial charge in [0.05, 0.1) is 0 Å². The molecule has 1 atom stereocenters. The van der Waals surface area contributed by atoms with Crippen LogP contribution in [0.25, 0.3) is 0 Å². The molecule has 2 amide bonds. The Balaban J connectivity index is 1.45. The number of likely N-dealkylation sites (tertiary alicyclic amines) is 3. The minimum Gasteiger partial charge on any atom is -0.444 e. The van der Waals surface area contributed by atoms with E-state index in [0.717, 1.165) is 65.0 Å². The van der Waals surface area contributed by atoms with E-state index in [2.05, 4.69) is 4.90 Å². The van der Waals surface area contributed by atoms with Gasteiger partial charge in [-0.1, -0.05) is 0 Å². The Morgan fingerprint density at radius 3 is 1.86 bits per heavy atom. The largest absolute Gasteiger partial charge is 0.444 e. The molecule has 3 saturated heterocycles. The Kier molecular flexibility index (Phi) is 6.10. The third-order valence-corrected chi connectivity index (χ3v) is 6.12. The van der Waals surface area contributed by atoms with Crippen molar-refractivity contribution in [2.24, 2.45) is 5.41 Å². The molecule has 0 saturated carbocycles. The lowest BCUT2D eigenvalue weighted by Gasteiger charge is -2.57. The molecular weight excluding hydrogens is 370 g/mol. The molecule has 3 fully saturated rings. The molecule has 0 aliphatic carbocycles. The van der Waals surface area contributed by atoms with E-state index in [0.29, 0.717) is 11.5 Å². The highest BCUT2D eigenvalue weighted by Gasteiger charge is 2.48. The predicted molar refractivity (Wildman–Crippen MR) is 112 cm³/mol. The Morgan fingerprint density at radius 1 is 0.828 bits per heavy atom. The van der Waals surface area contributed by atoms with Crippen LogP contribution < -0.4 is 0 Å². The van der Waals surface area contributed by atoms with Gasteiger partial charge in [-0.15, -0.1) is 0 Å². The molecule has 0 aromatic heterocycles. The van der Waals surface area contributed by atoms with E-state index >= 15 is 0 Å². The van der Waals surface area contributed by atoms with Crippen LogP contribution in [0.2, 0.25) is 0 Å². The van der Waals surface area contributed by atoms with Gasteiger partial charge in [-0.05, 0) is 72.6 Å². The molecule has 3 aliphatic rings. The van der Waals surface area contributed by atoms with E-state index in [9.17, 15) is 9.59 Å². The highest BCUT2D eigenvalue weighted by atomic mass is 16.6. The lowest BCUT2D eigenvalue weighted by atomic mass is 9.71. The molecule has 3 rings (SSSR count). The summed E-state index contributed by atoms with van der Waals surface area (Å²) in [4.78, 5) is 31.0. The van der Waals surface area contributed by atoms with E-state index in [-0.39, 0.29) is 12.2 Å². The first-order valence-electron chi connectivity index (χ1n) is 11.1. The number of nitrogens with zero attached hydrogens (tertiary/aromatic N) is 3. The number of piperidine rings is 2. The second-order valence-corrected chi connectivity index (χ2v) is 11.1. The molecule has 0 N–H and O–H groups in total. The average Bonchev–Trinajstić information content (AvgIpc) is 2.57. The van der Waals surface area contributed by atoms with Crippen LogP contribution in [0.4, 0.5) is 9.59 Å². The summed E-state index contributed by atoms with van der Waals surface area (Å²) in [5.74, 6) is 0. The topological polar surface area (TPSA) is 62.3 Å². The van der Waals surface area contributed by atoms with Crippen LogP contribution in [0.1, 0.15) is 67.2 Å². The number of ether oxygens (including phenoxy) is 2. The van der Waals surface area contributed by atoms with Crippen molar-refractivity contribution in [3.63, 3.8) is 0 Å². The average molecular weight is 410 g/mol. The minimum atomic E-state index is -0.451. The highest BCUT2D eigenvalue weighted by molar-refractivity contribution is 5.68. The maximum Gasteiger partial charge on any atom is 0.410 e. The van der Waals surface area contributed by atoms with Crippen LogP contribution in [-0.2, 0) is 9.47 Å². The van der Waals surface area contributed by atoms with Crippen molar-refractivity contribution in [1.82, 2.24) is 14.7 Å². The third kappa shape index (κ3) is 5.77. The van der Waals surface area contributed by atoms with E-state index in [1.54, 1.807) is 0 Å². The number of carbonyl (C=O) groups excluding carboxylic acids is 2. The monoisotopic (exact) mass is 409 g/mol. The van der Waals surface area contributed by atoms with Crippen LogP contribution in [0.5, 0.6) is 0 Å². The van der Waals surface area contributed by atoms with Crippen LogP contribution in [0.3, 0.4) is 0 Å². The molecular formula is C22H39N3O4. The lowest BCUT2D eigenvalue weighted by Crippen LogP contribution is -2.65. The number of carbonyl (C=O) groups is 2. The van der Waals surface area contributed by atoms with E-state index in [1.165, 1.54) is 0 Å². The van der Waals surface area contributed by atoms with Gasteiger partial charge in [0.25, 0.3) is 0 Å². The summed E-state index contributed by atoms with van der Waals surface area (Å²) in [6, 6.07) is 0.422. The maximum absolute atomic E-state index is 12.4. The zero-order chi connectivity index (χ0) is 21.4. The zero-order valence-corrected chi connectivity index (χ0v) is 19.1. The van der Waals surface area contributed by atoms with Crippen molar-refractivity contribution >= 4 is 12.2 Å². The van der Waals surface area contributed by atoms with E-state index < -0.39 is 11.2 Å². The molecule has 3 aliphatic heterocycles. The van der Waals surface area contributed by atoms with Crippen molar-refractivity contribution in [3.8, 4) is 0 Å². The van der Waals surface area contributed by atoms with Crippen molar-refractivity contribution in [3.05, 3.63) is 0 Å². The number of hydrogen-bond acceptors (Lipinski definition) is 5. The van der Waals surface area contributed by atoms with Crippen molar-refractivity contribution in [1.29, 1.82) is 0 Å². The standard InChI is InChI=1S/C22H39N3O4/c1-20(2,3)28-18(26)23-12-9-22(10-13-23)15-25(16-22)17-8-7-11-24(14-17)19(27)29-21(4,5)6/h17H,7-16H2,1-6H3/t17-/m1/s1. The first-order valence-corrected chi connectivity index (χ1v) is 11.1. The second kappa shape index (κ2) is 7.97. The lowest BCUT2D eigenvalue weighted by molar-refractivity contribution is -0.0832. The number of hydrogen-bond donors (Lipinski definition) is 0. The summed E-state index contributed by atoms with van der Waals surface area (Å²) in [5.41, 5.74) is -0.569. The van der Waals surface area contributed by atoms with Gasteiger partial charge in [0, 0.05) is 45.3 Å². The number of rotatable bonds is 1. The SMILES string of the molecule is CC(C)(C)OC(=O)N1CCC2(CC1)CN([C@@H]1CCCN(C(=O)OC(C)(C)C)C1)C2. The van der Waals surface area contributed by atoms with Crippen LogP contribution in [0, 0.1) is 5.41 Å². The van der Waals surface area contributed by atoms with Gasteiger partial charge < -0.3 is 19.3 Å². The maximum atomic E-state index is 12.4. The summed E-state index contributed by atoms with van der Waals surface area (Å²) >= 11 is 0. The summed E-state index contributed by atoms with van der Waals surface area (Å²) in [7, 11) is 0. The van der Waals surface area contributed by atoms with E-state index in [4.69, 9.17) is 9.47 Å². The van der Waals surface area contributed by atoms with Crippen LogP contribution in [-0.4, -0.2) is 83.4 Å². The summed E-state index contributed by atoms with van der Waals surface area (Å²) < 4.78 is 11.1. The van der Waals surface area contributed by atoms with Gasteiger partial charge >= 0.3 is 12.2 Å². The first kappa shape index (κ1) is 22.2. The summed E-state index contributed by atoms with van der Waals surface area (Å²) in [6.45, 7) is 16.7. The van der Waals surface area contributed by atoms with Gasteiger partial charge in [0.2, 0.25) is 0 Å². The second-order valence-electron chi connectivity index (χ2n) is 11.1. The van der Waals surface area contributed by atoms with E-state index in [1.807, 2.05) is 51.3 Å². The summed E-state index contributed by atoms with van der Waals surface area (Å²) in [5, 5.41) is 0. The fourth-order valence-electron chi connectivity index (χ4n) is 4.62. The van der Waals surface area contributed by atoms with Crippen molar-refractivity contribution in [2.75, 3.05) is 39.3 Å². The van der Waals surface area contributed by atoms with Crippen LogP contribution in [0.15, 0.2) is 0 Å². The molecule has 29 heavy (non-hydrogen) atoms. The Morgan fingerprint density at radius 2 is 1.34 bits per heavy atom. The zero-order valence-electron chi connectivity index (χ0n) is 19.1. The molecule has 0 bridgehead atoms. The fourth-order valence-corrected chi connectivity index (χ4v) is 4.62. The summed E-state index contributed by atoms with van der Waals surface area (Å²) in [6.07, 6.45) is 3.85. The molecule has 3 heterocycles. The molecule has 0 aromatic rings. The molecule has 7 heteroatoms. The Hall–Kier alpha value is -1.50. The van der Waals surface area contributed by atoms with Gasteiger partial charge in [0.15, 0.2) is 0 Å². The van der Waals surface area contributed by atoms with Gasteiger partial charge in [-0.25, -0.2) is 9.59 Å². The predicted octanol–water partition coefficient (Wildman–Crippen LogP) is 3.72. The van der Waals surface area contributed by atoms with Gasteiger partial charge in [-0.3, -0.25) is 4.90 Å². The smallest absolute Gasteiger partial charge is 0.410 e. The molecule has 1 spiro atoms. The molecule has 0 unspecified atom stereocenters. The third-order valence-electron chi connectivity index (χ3n) is 6.12. The van der Waals surface area contributed by atoms with Gasteiger partial charge in [-0.2, -0.15) is 0 Å². The minimum absolute atomic E-state index is 0.191. The molecule has 0 radical (unpaired) electrons. The molecule has 0 aromatic carbocycles. The van der Waals surface area contributed by atoms with Crippen molar-refractivity contribution < 1.29 is 19.1 Å². The quantitative estimate of drug-likeness (QED) is 0.660. The Labute approximate surface area is 175 Å². The Bertz CT molecular complexity index is 607. The van der Waals surface area contributed by atoms with Crippen molar-refractivity contribution in [2.45, 2.75) is 84.5 Å². The van der Waals surface area contributed by atoms with Gasteiger partial charge in [0.1, 0.15) is 11.2 Å². The van der Waals surface area contributed by atoms with Crippen LogP contribution >= 0.6 is 0 Å². The normalized spacial score (nSPS) is 25.5. The molecule has 7 nitrogen and oxygen atoms in total. The first-order chi connectivity index (χ1) is 13.4. The number of amides is 2. The fraction of sp³-hybridized carbons (Fsp3) is 0.909.